The predicted octanol–water partition coefficient (Wildman–Crippen LogP) is 4.23. The molecule has 0 aromatic heterocycles. The topological polar surface area (TPSA) is 17.1 Å². The Morgan fingerprint density at radius 2 is 1.12 bits per heavy atom. The van der Waals surface area contributed by atoms with Gasteiger partial charge in [0.15, 0.2) is 0 Å². The van der Waals surface area contributed by atoms with Gasteiger partial charge in [0.05, 0.1) is 5.34 Å². The lowest BCUT2D eigenvalue weighted by Crippen LogP contribution is -1.24. The first kappa shape index (κ1) is 12.4. The molecule has 0 saturated heterocycles. The molecule has 0 unspecified atom stereocenters. The van der Waals surface area contributed by atoms with Gasteiger partial charge >= 0.3 is 5.20 Å². The molecule has 0 radical (unpaired) electrons. The summed E-state index contributed by atoms with van der Waals surface area (Å²) in [4.78, 5) is 0. The molecule has 8 heavy (non-hydrogen) atoms. The standard InChI is InChI=1S/CH2Cl2.Cl3OP/c2-1-3;1-5(2,3)4/h1H2;. The maximum Gasteiger partial charge on any atom is 0.339 e. The molecule has 0 bridgehead atoms. The van der Waals surface area contributed by atoms with E-state index < -0.39 is 5.20 Å². The second kappa shape index (κ2) is 6.80. The molecule has 7 heteroatoms. The van der Waals surface area contributed by atoms with Gasteiger partial charge in [0.2, 0.25) is 0 Å². The van der Waals surface area contributed by atoms with Crippen LogP contribution in [0.15, 0.2) is 0 Å². The second-order valence-corrected chi connectivity index (χ2v) is 7.95. The van der Waals surface area contributed by atoms with E-state index in [0.717, 1.165) is 0 Å². The van der Waals surface area contributed by atoms with Crippen molar-refractivity contribution in [2.75, 3.05) is 5.34 Å². The third kappa shape index (κ3) is 121. The lowest BCUT2D eigenvalue weighted by atomic mass is 11.9. The molecule has 0 aliphatic rings. The van der Waals surface area contributed by atoms with Crippen molar-refractivity contribution in [2.45, 2.75) is 0 Å². The first-order chi connectivity index (χ1) is 3.41. The Kier molecular flexibility index (Phi) is 10.5. The fourth-order valence-corrected chi connectivity index (χ4v) is 0. The van der Waals surface area contributed by atoms with Gasteiger partial charge in [-0.05, 0) is 33.7 Å². The smallest absolute Gasteiger partial charge is 0.271 e. The predicted molar refractivity (Wildman–Crippen MR) is 41.7 cm³/mol. The highest BCUT2D eigenvalue weighted by atomic mass is 36.0. The number of alkyl halides is 2. The van der Waals surface area contributed by atoms with Crippen LogP contribution in [0.4, 0.5) is 0 Å². The Bertz CT molecular complexity index is 68.2. The summed E-state index contributed by atoms with van der Waals surface area (Å²) in [5.41, 5.74) is 0. The van der Waals surface area contributed by atoms with E-state index in [1.807, 2.05) is 0 Å². The van der Waals surface area contributed by atoms with E-state index in [1.165, 1.54) is 0 Å². The van der Waals surface area contributed by atoms with E-state index >= 15 is 0 Å². The van der Waals surface area contributed by atoms with Gasteiger partial charge in [-0.15, -0.1) is 23.2 Å². The van der Waals surface area contributed by atoms with E-state index in [1.54, 1.807) is 0 Å². The quantitative estimate of drug-likeness (QED) is 0.456. The SMILES string of the molecule is ClCCl.O=P(Cl)(Cl)Cl. The molecule has 0 N–H and O–H groups in total. The minimum Gasteiger partial charge on any atom is -0.271 e. The largest absolute Gasteiger partial charge is 0.339 e. The van der Waals surface area contributed by atoms with Gasteiger partial charge in [-0.2, -0.15) is 0 Å². The summed E-state index contributed by atoms with van der Waals surface area (Å²) in [5, 5.41) is -3.03. The van der Waals surface area contributed by atoms with Gasteiger partial charge < -0.3 is 0 Å². The van der Waals surface area contributed by atoms with Gasteiger partial charge in [0.25, 0.3) is 0 Å². The van der Waals surface area contributed by atoms with Crippen LogP contribution in [0.1, 0.15) is 0 Å². The van der Waals surface area contributed by atoms with Crippen LogP contribution in [0.3, 0.4) is 0 Å². The monoisotopic (exact) mass is 236 g/mol. The van der Waals surface area contributed by atoms with Gasteiger partial charge in [0.1, 0.15) is 0 Å². The zero-order valence-corrected chi connectivity index (χ0v) is 8.13. The Labute approximate surface area is 71.9 Å². The molecule has 0 aliphatic heterocycles. The molecule has 0 atom stereocenters. The first-order valence-corrected chi connectivity index (χ1v) is 6.72. The van der Waals surface area contributed by atoms with Crippen LogP contribution in [-0.2, 0) is 4.57 Å². The molecule has 0 saturated carbocycles. The van der Waals surface area contributed by atoms with E-state index in [2.05, 4.69) is 33.7 Å². The maximum atomic E-state index is 9.51. The summed E-state index contributed by atoms with van der Waals surface area (Å²) in [7, 11) is 0. The van der Waals surface area contributed by atoms with Crippen LogP contribution >= 0.6 is 62.1 Å². The van der Waals surface area contributed by atoms with Crippen LogP contribution in [0.2, 0.25) is 0 Å². The maximum absolute atomic E-state index is 9.51. The van der Waals surface area contributed by atoms with Gasteiger partial charge in [-0.1, -0.05) is 0 Å². The van der Waals surface area contributed by atoms with E-state index in [4.69, 9.17) is 23.2 Å². The average Bonchev–Trinajstić information content (AvgIpc) is 1.27. The van der Waals surface area contributed by atoms with Gasteiger partial charge in [-0.25, -0.2) is 0 Å². The van der Waals surface area contributed by atoms with Crippen molar-refractivity contribution in [3.05, 3.63) is 0 Å². The van der Waals surface area contributed by atoms with Gasteiger partial charge in [0, 0.05) is 0 Å². The van der Waals surface area contributed by atoms with Crippen LogP contribution < -0.4 is 0 Å². The van der Waals surface area contributed by atoms with Crippen molar-refractivity contribution in [2.24, 2.45) is 0 Å². The molecule has 0 aliphatic carbocycles. The molecular weight excluding hydrogens is 236 g/mol. The zero-order chi connectivity index (χ0) is 7.21. The Morgan fingerprint density at radius 1 is 1.12 bits per heavy atom. The molecule has 0 aromatic rings. The van der Waals surface area contributed by atoms with Gasteiger partial charge in [-0.3, -0.25) is 4.57 Å². The fourth-order valence-electron chi connectivity index (χ4n) is 0. The third-order valence-electron chi connectivity index (χ3n) is 0. The number of hydrogen-bond acceptors (Lipinski definition) is 1. The summed E-state index contributed by atoms with van der Waals surface area (Å²) in [6.07, 6.45) is 0. The van der Waals surface area contributed by atoms with Crippen molar-refractivity contribution in [3.63, 3.8) is 0 Å². The van der Waals surface area contributed by atoms with Crippen molar-refractivity contribution in [1.82, 2.24) is 0 Å². The van der Waals surface area contributed by atoms with Crippen molar-refractivity contribution >= 4 is 62.1 Å². The highest BCUT2D eigenvalue weighted by molar-refractivity contribution is 8.24. The fraction of sp³-hybridized carbons (Fsp3) is 1.00. The average molecular weight is 238 g/mol. The minimum atomic E-state index is -3.22. The van der Waals surface area contributed by atoms with E-state index in [-0.39, 0.29) is 5.34 Å². The molecule has 0 heterocycles. The number of halogens is 5. The molecular formula is CH2Cl5OP. The number of hydrogen-bond donors (Lipinski definition) is 0. The Balaban J connectivity index is 0. The van der Waals surface area contributed by atoms with Crippen molar-refractivity contribution in [1.29, 1.82) is 0 Å². The van der Waals surface area contributed by atoms with E-state index in [0.29, 0.717) is 0 Å². The Hall–Kier alpha value is 1.68. The zero-order valence-electron chi connectivity index (χ0n) is 3.45. The summed E-state index contributed by atoms with van der Waals surface area (Å²) < 4.78 is 9.51. The van der Waals surface area contributed by atoms with Crippen LogP contribution in [0.5, 0.6) is 0 Å². The molecule has 0 fully saturated rings. The summed E-state index contributed by atoms with van der Waals surface area (Å²) in [5.74, 6) is 0. The molecule has 0 spiro atoms. The summed E-state index contributed by atoms with van der Waals surface area (Å²) in [6.45, 7) is 0. The van der Waals surface area contributed by atoms with Crippen LogP contribution in [0, 0.1) is 0 Å². The van der Waals surface area contributed by atoms with E-state index in [9.17, 15) is 4.57 Å². The highest BCUT2D eigenvalue weighted by Crippen LogP contribution is 2.61. The second-order valence-electron chi connectivity index (χ2n) is 0.500. The molecule has 0 rings (SSSR count). The van der Waals surface area contributed by atoms with Crippen LogP contribution in [0.25, 0.3) is 0 Å². The van der Waals surface area contributed by atoms with Crippen LogP contribution in [-0.4, -0.2) is 5.34 Å². The lowest BCUT2D eigenvalue weighted by Gasteiger charge is -1.74. The molecule has 1 nitrogen and oxygen atoms in total. The normalized spacial score (nSPS) is 9.62. The number of rotatable bonds is 0. The molecule has 0 aromatic carbocycles. The third-order valence-corrected chi connectivity index (χ3v) is 0. The molecule has 52 valence electrons. The van der Waals surface area contributed by atoms with Crippen molar-refractivity contribution < 1.29 is 4.57 Å². The lowest BCUT2D eigenvalue weighted by molar-refractivity contribution is 0.600. The first-order valence-electron chi connectivity index (χ1n) is 1.22. The molecule has 0 amide bonds. The minimum absolute atomic E-state index is 0.194. The highest BCUT2D eigenvalue weighted by Gasteiger charge is 2.02. The summed E-state index contributed by atoms with van der Waals surface area (Å²) >= 11 is 23.4. The summed E-state index contributed by atoms with van der Waals surface area (Å²) in [6, 6.07) is 0. The Morgan fingerprint density at radius 3 is 1.12 bits per heavy atom. The van der Waals surface area contributed by atoms with Crippen molar-refractivity contribution in [3.8, 4) is 0 Å².